The van der Waals surface area contributed by atoms with Gasteiger partial charge in [-0.1, -0.05) is 42.0 Å². The van der Waals surface area contributed by atoms with Gasteiger partial charge in [0.25, 0.3) is 0 Å². The molecule has 1 aromatic rings. The van der Waals surface area contributed by atoms with Gasteiger partial charge in [0.15, 0.2) is 0 Å². The summed E-state index contributed by atoms with van der Waals surface area (Å²) in [5.41, 5.74) is 1.32. The van der Waals surface area contributed by atoms with Crippen LogP contribution in [0.4, 0.5) is 0 Å². The number of hydrogen-bond donors (Lipinski definition) is 3. The van der Waals surface area contributed by atoms with Crippen molar-refractivity contribution < 1.29 is 0 Å². The van der Waals surface area contributed by atoms with Crippen molar-refractivity contribution in [3.63, 3.8) is 0 Å². The molecule has 0 aliphatic heterocycles. The summed E-state index contributed by atoms with van der Waals surface area (Å²) in [4.78, 5) is 0. The molecule has 0 fully saturated rings. The van der Waals surface area contributed by atoms with Crippen LogP contribution in [-0.2, 0) is 6.54 Å². The zero-order valence-electron chi connectivity index (χ0n) is 7.36. The van der Waals surface area contributed by atoms with Gasteiger partial charge in [0.05, 0.1) is 0 Å². The average molecular weight is 214 g/mol. The van der Waals surface area contributed by atoms with E-state index in [9.17, 15) is 0 Å². The zero-order valence-corrected chi connectivity index (χ0v) is 9.07. The van der Waals surface area contributed by atoms with Crippen LogP contribution in [0.3, 0.4) is 0 Å². The normalized spacial score (nSPS) is 10.2. The SMILES string of the molecule is SSNCCNCc1ccccc1. The molecule has 2 N–H and O–H groups in total. The fourth-order valence-electron chi connectivity index (χ4n) is 1.01. The molecule has 4 heteroatoms. The molecule has 1 rings (SSSR count). The van der Waals surface area contributed by atoms with Gasteiger partial charge >= 0.3 is 0 Å². The summed E-state index contributed by atoms with van der Waals surface area (Å²) in [6, 6.07) is 10.4. The molecule has 2 nitrogen and oxygen atoms in total. The van der Waals surface area contributed by atoms with E-state index in [1.807, 2.05) is 6.07 Å². The van der Waals surface area contributed by atoms with Crippen LogP contribution in [-0.4, -0.2) is 13.1 Å². The molecule has 0 saturated heterocycles. The Morgan fingerprint density at radius 2 is 1.92 bits per heavy atom. The molecule has 13 heavy (non-hydrogen) atoms. The Bertz CT molecular complexity index is 216. The number of rotatable bonds is 6. The van der Waals surface area contributed by atoms with Gasteiger partial charge in [-0.25, -0.2) is 0 Å². The Morgan fingerprint density at radius 3 is 2.62 bits per heavy atom. The second kappa shape index (κ2) is 7.26. The third kappa shape index (κ3) is 5.21. The maximum Gasteiger partial charge on any atom is 0.0206 e. The van der Waals surface area contributed by atoms with Crippen LogP contribution in [0.25, 0.3) is 0 Å². The minimum absolute atomic E-state index is 0.930. The molecular formula is C9H14N2S2. The summed E-state index contributed by atoms with van der Waals surface area (Å²) in [7, 11) is 1.35. The molecule has 0 unspecified atom stereocenters. The minimum Gasteiger partial charge on any atom is -0.311 e. The van der Waals surface area contributed by atoms with Crippen LogP contribution >= 0.6 is 22.6 Å². The van der Waals surface area contributed by atoms with E-state index in [0.29, 0.717) is 0 Å². The number of hydrogen-bond acceptors (Lipinski definition) is 4. The molecule has 0 saturated carbocycles. The third-order valence-electron chi connectivity index (χ3n) is 1.64. The fraction of sp³-hybridized carbons (Fsp3) is 0.333. The first-order chi connectivity index (χ1) is 6.43. The van der Waals surface area contributed by atoms with Gasteiger partial charge in [-0.15, -0.1) is 0 Å². The third-order valence-corrected chi connectivity index (χ3v) is 2.36. The highest BCUT2D eigenvalue weighted by Crippen LogP contribution is 1.97. The van der Waals surface area contributed by atoms with E-state index in [2.05, 4.69) is 46.0 Å². The van der Waals surface area contributed by atoms with E-state index in [-0.39, 0.29) is 0 Å². The molecule has 0 bridgehead atoms. The lowest BCUT2D eigenvalue weighted by molar-refractivity contribution is 0.682. The first-order valence-electron chi connectivity index (χ1n) is 4.21. The van der Waals surface area contributed by atoms with Gasteiger partial charge in [0, 0.05) is 19.6 Å². The maximum absolute atomic E-state index is 3.97. The van der Waals surface area contributed by atoms with Gasteiger partial charge in [-0.3, -0.25) is 4.72 Å². The molecular weight excluding hydrogens is 200 g/mol. The van der Waals surface area contributed by atoms with Crippen LogP contribution in [0.1, 0.15) is 5.56 Å². The van der Waals surface area contributed by atoms with Crippen LogP contribution in [0, 0.1) is 0 Å². The molecule has 0 spiro atoms. The highest BCUT2D eigenvalue weighted by atomic mass is 33.1. The van der Waals surface area contributed by atoms with Crippen LogP contribution < -0.4 is 10.0 Å². The Labute approximate surface area is 88.4 Å². The Hall–Kier alpha value is -0.160. The van der Waals surface area contributed by atoms with Gasteiger partial charge in [-0.2, -0.15) is 0 Å². The van der Waals surface area contributed by atoms with Crippen LogP contribution in [0.2, 0.25) is 0 Å². The molecule has 0 aliphatic carbocycles. The molecule has 0 atom stereocenters. The van der Waals surface area contributed by atoms with Crippen molar-refractivity contribution in [2.24, 2.45) is 0 Å². The largest absolute Gasteiger partial charge is 0.311 e. The van der Waals surface area contributed by atoms with Crippen molar-refractivity contribution in [1.29, 1.82) is 0 Å². The first kappa shape index (κ1) is 10.9. The molecule has 0 aromatic heterocycles. The summed E-state index contributed by atoms with van der Waals surface area (Å²) < 4.78 is 3.05. The predicted molar refractivity (Wildman–Crippen MR) is 62.7 cm³/mol. The van der Waals surface area contributed by atoms with E-state index >= 15 is 0 Å². The molecule has 0 radical (unpaired) electrons. The van der Waals surface area contributed by atoms with E-state index in [4.69, 9.17) is 0 Å². The lowest BCUT2D eigenvalue weighted by Crippen LogP contribution is -2.22. The molecule has 1 aromatic carbocycles. The Morgan fingerprint density at radius 1 is 1.15 bits per heavy atom. The standard InChI is InChI=1S/C9H14N2S2/c12-13-11-7-6-10-8-9-4-2-1-3-5-9/h1-5,10-12H,6-8H2. The van der Waals surface area contributed by atoms with E-state index in [1.54, 1.807) is 0 Å². The van der Waals surface area contributed by atoms with Crippen molar-refractivity contribution in [3.8, 4) is 0 Å². The summed E-state index contributed by atoms with van der Waals surface area (Å²) in [6.45, 7) is 2.82. The average Bonchev–Trinajstić information content (AvgIpc) is 2.19. The van der Waals surface area contributed by atoms with Crippen molar-refractivity contribution in [1.82, 2.24) is 10.0 Å². The second-order valence-corrected chi connectivity index (χ2v) is 3.67. The van der Waals surface area contributed by atoms with Gasteiger partial charge in [0.1, 0.15) is 0 Å². The minimum atomic E-state index is 0.930. The predicted octanol–water partition coefficient (Wildman–Crippen LogP) is 1.86. The Balaban J connectivity index is 2.07. The van der Waals surface area contributed by atoms with Crippen molar-refractivity contribution in [3.05, 3.63) is 35.9 Å². The summed E-state index contributed by atoms with van der Waals surface area (Å²) in [5, 5.41) is 3.33. The van der Waals surface area contributed by atoms with Gasteiger partial charge in [-0.05, 0) is 16.5 Å². The van der Waals surface area contributed by atoms with Crippen molar-refractivity contribution >= 4 is 22.6 Å². The van der Waals surface area contributed by atoms with Crippen molar-refractivity contribution in [2.45, 2.75) is 6.54 Å². The summed E-state index contributed by atoms with van der Waals surface area (Å²) >= 11 is 3.97. The molecule has 0 heterocycles. The summed E-state index contributed by atoms with van der Waals surface area (Å²) in [5.74, 6) is 0. The van der Waals surface area contributed by atoms with Crippen molar-refractivity contribution in [2.75, 3.05) is 13.1 Å². The highest BCUT2D eigenvalue weighted by molar-refractivity contribution is 8.67. The lowest BCUT2D eigenvalue weighted by atomic mass is 10.2. The van der Waals surface area contributed by atoms with Gasteiger partial charge in [0.2, 0.25) is 0 Å². The van der Waals surface area contributed by atoms with E-state index in [0.717, 1.165) is 19.6 Å². The number of thiol groups is 1. The fourth-order valence-corrected chi connectivity index (χ4v) is 1.48. The van der Waals surface area contributed by atoms with Crippen LogP contribution in [0.15, 0.2) is 30.3 Å². The smallest absolute Gasteiger partial charge is 0.0206 e. The van der Waals surface area contributed by atoms with E-state index in [1.165, 1.54) is 16.5 Å². The summed E-state index contributed by atoms with van der Waals surface area (Å²) in [6.07, 6.45) is 0. The van der Waals surface area contributed by atoms with Gasteiger partial charge < -0.3 is 5.32 Å². The highest BCUT2D eigenvalue weighted by Gasteiger charge is 1.89. The zero-order chi connectivity index (χ0) is 9.36. The topological polar surface area (TPSA) is 24.1 Å². The van der Waals surface area contributed by atoms with E-state index < -0.39 is 0 Å². The van der Waals surface area contributed by atoms with Crippen LogP contribution in [0.5, 0.6) is 0 Å². The number of benzene rings is 1. The monoisotopic (exact) mass is 214 g/mol. The Kier molecular flexibility index (Phi) is 6.10. The maximum atomic E-state index is 3.97. The first-order valence-corrected chi connectivity index (χ1v) is 6.08. The molecule has 0 aliphatic rings. The quantitative estimate of drug-likeness (QED) is 0.292. The molecule has 72 valence electrons. The number of nitrogens with one attached hydrogen (secondary N) is 2. The second-order valence-electron chi connectivity index (χ2n) is 2.65. The molecule has 0 amide bonds. The lowest BCUT2D eigenvalue weighted by Gasteiger charge is -2.03.